The summed E-state index contributed by atoms with van der Waals surface area (Å²) in [6, 6.07) is 14.1. The molecular formula is C11H9NS. The third-order valence-electron chi connectivity index (χ3n) is 1.65. The topological polar surface area (TPSA) is 12.4 Å². The predicted octanol–water partition coefficient (Wildman–Crippen LogP) is 3.50. The second-order valence-corrected chi connectivity index (χ2v) is 3.55. The Balaban J connectivity index is 2.15. The molecule has 64 valence electrons. The van der Waals surface area contributed by atoms with Crippen molar-refractivity contribution >= 4 is 22.6 Å². The van der Waals surface area contributed by atoms with E-state index in [9.17, 15) is 0 Å². The summed E-state index contributed by atoms with van der Waals surface area (Å²) in [5.41, 5.74) is 1.14. The Morgan fingerprint density at radius 3 is 2.54 bits per heavy atom. The highest BCUT2D eigenvalue weighted by molar-refractivity contribution is 7.13. The van der Waals surface area contributed by atoms with Crippen LogP contribution in [0, 0.1) is 0 Å². The minimum absolute atomic E-state index is 1.05. The van der Waals surface area contributed by atoms with Gasteiger partial charge in [-0.25, -0.2) is 4.99 Å². The van der Waals surface area contributed by atoms with Crippen LogP contribution < -0.4 is 0 Å². The van der Waals surface area contributed by atoms with Crippen molar-refractivity contribution in [2.24, 2.45) is 4.99 Å². The van der Waals surface area contributed by atoms with Crippen LogP contribution in [0.25, 0.3) is 0 Å². The van der Waals surface area contributed by atoms with E-state index in [0.29, 0.717) is 0 Å². The highest BCUT2D eigenvalue weighted by Gasteiger charge is 1.87. The molecule has 0 bridgehead atoms. The Bertz CT molecular complexity index is 376. The Morgan fingerprint density at radius 1 is 1.00 bits per heavy atom. The first-order chi connectivity index (χ1) is 6.45. The van der Waals surface area contributed by atoms with Crippen molar-refractivity contribution in [1.29, 1.82) is 0 Å². The first-order valence-corrected chi connectivity index (χ1v) is 4.96. The second kappa shape index (κ2) is 4.01. The third kappa shape index (κ3) is 2.26. The van der Waals surface area contributed by atoms with E-state index in [4.69, 9.17) is 0 Å². The number of nitrogens with zero attached hydrogens (tertiary/aromatic N) is 1. The fraction of sp³-hybridized carbons (Fsp3) is 0. The van der Waals surface area contributed by atoms with E-state index in [2.05, 4.69) is 4.99 Å². The quantitative estimate of drug-likeness (QED) is 0.638. The zero-order chi connectivity index (χ0) is 8.93. The maximum Gasteiger partial charge on any atom is 0.115 e. The molecule has 1 heterocycles. The lowest BCUT2D eigenvalue weighted by Crippen LogP contribution is -1.76. The Labute approximate surface area is 81.4 Å². The SMILES string of the molecule is C(=Nc1cccs1)c1ccccc1. The Hall–Kier alpha value is -1.41. The molecule has 0 spiro atoms. The van der Waals surface area contributed by atoms with Crippen LogP contribution >= 0.6 is 11.3 Å². The average Bonchev–Trinajstić information content (AvgIpc) is 2.69. The van der Waals surface area contributed by atoms with Gasteiger partial charge in [-0.05, 0) is 23.1 Å². The van der Waals surface area contributed by atoms with E-state index in [-0.39, 0.29) is 0 Å². The molecule has 0 aliphatic heterocycles. The standard InChI is InChI=1S/C11H9NS/c1-2-5-10(6-3-1)9-12-11-7-4-8-13-11/h1-9H. The van der Waals surface area contributed by atoms with E-state index in [1.54, 1.807) is 11.3 Å². The minimum atomic E-state index is 1.05. The molecule has 2 aromatic rings. The number of hydrogen-bond donors (Lipinski definition) is 0. The van der Waals surface area contributed by atoms with Crippen LogP contribution in [-0.2, 0) is 0 Å². The number of thiophene rings is 1. The predicted molar refractivity (Wildman–Crippen MR) is 58.0 cm³/mol. The van der Waals surface area contributed by atoms with Gasteiger partial charge in [0.1, 0.15) is 5.00 Å². The smallest absolute Gasteiger partial charge is 0.115 e. The van der Waals surface area contributed by atoms with Gasteiger partial charge in [-0.2, -0.15) is 0 Å². The molecular weight excluding hydrogens is 178 g/mol. The van der Waals surface area contributed by atoms with Crippen molar-refractivity contribution in [3.63, 3.8) is 0 Å². The highest BCUT2D eigenvalue weighted by Crippen LogP contribution is 2.18. The number of aliphatic imine (C=N–C) groups is 1. The molecule has 1 aromatic carbocycles. The molecule has 0 aliphatic rings. The Kier molecular flexibility index (Phi) is 2.53. The van der Waals surface area contributed by atoms with Crippen LogP contribution in [0.15, 0.2) is 52.8 Å². The molecule has 0 unspecified atom stereocenters. The fourth-order valence-corrected chi connectivity index (χ4v) is 1.59. The van der Waals surface area contributed by atoms with Crippen LogP contribution in [-0.4, -0.2) is 6.21 Å². The summed E-state index contributed by atoms with van der Waals surface area (Å²) in [6.07, 6.45) is 1.88. The van der Waals surface area contributed by atoms with Gasteiger partial charge in [0.2, 0.25) is 0 Å². The van der Waals surface area contributed by atoms with E-state index in [0.717, 1.165) is 10.6 Å². The molecule has 13 heavy (non-hydrogen) atoms. The molecule has 0 aliphatic carbocycles. The van der Waals surface area contributed by atoms with E-state index < -0.39 is 0 Å². The summed E-state index contributed by atoms with van der Waals surface area (Å²) in [4.78, 5) is 4.33. The lowest BCUT2D eigenvalue weighted by Gasteiger charge is -1.88. The van der Waals surface area contributed by atoms with Crippen LogP contribution in [0.5, 0.6) is 0 Å². The largest absolute Gasteiger partial charge is 0.245 e. The Morgan fingerprint density at radius 2 is 1.85 bits per heavy atom. The molecule has 0 saturated heterocycles. The fourth-order valence-electron chi connectivity index (χ4n) is 1.02. The summed E-state index contributed by atoms with van der Waals surface area (Å²) in [5.74, 6) is 0. The molecule has 0 atom stereocenters. The van der Waals surface area contributed by atoms with Crippen molar-refractivity contribution < 1.29 is 0 Å². The second-order valence-electron chi connectivity index (χ2n) is 2.62. The van der Waals surface area contributed by atoms with Gasteiger partial charge in [0.05, 0.1) is 0 Å². The lowest BCUT2D eigenvalue weighted by molar-refractivity contribution is 1.61. The number of rotatable bonds is 2. The van der Waals surface area contributed by atoms with Crippen molar-refractivity contribution in [2.45, 2.75) is 0 Å². The number of benzene rings is 1. The van der Waals surface area contributed by atoms with Gasteiger partial charge >= 0.3 is 0 Å². The molecule has 0 fully saturated rings. The number of hydrogen-bond acceptors (Lipinski definition) is 2. The van der Waals surface area contributed by atoms with E-state index >= 15 is 0 Å². The first kappa shape index (κ1) is 8.20. The summed E-state index contributed by atoms with van der Waals surface area (Å²) in [7, 11) is 0. The zero-order valence-electron chi connectivity index (χ0n) is 7.05. The van der Waals surface area contributed by atoms with Gasteiger partial charge in [0.25, 0.3) is 0 Å². The molecule has 2 rings (SSSR count). The van der Waals surface area contributed by atoms with Crippen LogP contribution in [0.4, 0.5) is 5.00 Å². The molecule has 1 aromatic heterocycles. The van der Waals surface area contributed by atoms with Crippen molar-refractivity contribution in [1.82, 2.24) is 0 Å². The normalized spacial score (nSPS) is 10.8. The van der Waals surface area contributed by atoms with Gasteiger partial charge < -0.3 is 0 Å². The van der Waals surface area contributed by atoms with E-state index in [1.807, 2.05) is 54.1 Å². The monoisotopic (exact) mass is 187 g/mol. The van der Waals surface area contributed by atoms with E-state index in [1.165, 1.54) is 0 Å². The maximum atomic E-state index is 4.33. The van der Waals surface area contributed by atoms with Crippen LogP contribution in [0.3, 0.4) is 0 Å². The molecule has 0 amide bonds. The summed E-state index contributed by atoms with van der Waals surface area (Å²) < 4.78 is 0. The van der Waals surface area contributed by atoms with Gasteiger partial charge in [0.15, 0.2) is 0 Å². The van der Waals surface area contributed by atoms with Gasteiger partial charge in [-0.1, -0.05) is 30.3 Å². The zero-order valence-corrected chi connectivity index (χ0v) is 7.87. The first-order valence-electron chi connectivity index (χ1n) is 4.08. The van der Waals surface area contributed by atoms with Crippen molar-refractivity contribution in [3.8, 4) is 0 Å². The van der Waals surface area contributed by atoms with Crippen molar-refractivity contribution in [2.75, 3.05) is 0 Å². The summed E-state index contributed by atoms with van der Waals surface area (Å²) >= 11 is 1.64. The highest BCUT2D eigenvalue weighted by atomic mass is 32.1. The van der Waals surface area contributed by atoms with Gasteiger partial charge in [0, 0.05) is 6.21 Å². The molecule has 1 nitrogen and oxygen atoms in total. The third-order valence-corrected chi connectivity index (χ3v) is 2.42. The van der Waals surface area contributed by atoms with Gasteiger partial charge in [-0.3, -0.25) is 0 Å². The van der Waals surface area contributed by atoms with Gasteiger partial charge in [-0.15, -0.1) is 11.3 Å². The summed E-state index contributed by atoms with van der Waals surface area (Å²) in [6.45, 7) is 0. The lowest BCUT2D eigenvalue weighted by atomic mass is 10.2. The molecule has 0 saturated carbocycles. The van der Waals surface area contributed by atoms with Crippen LogP contribution in [0.2, 0.25) is 0 Å². The van der Waals surface area contributed by atoms with Crippen molar-refractivity contribution in [3.05, 3.63) is 53.4 Å². The average molecular weight is 187 g/mol. The molecule has 2 heteroatoms. The molecule has 0 N–H and O–H groups in total. The molecule has 0 radical (unpaired) electrons. The minimum Gasteiger partial charge on any atom is -0.245 e. The van der Waals surface area contributed by atoms with Crippen LogP contribution in [0.1, 0.15) is 5.56 Å². The maximum absolute atomic E-state index is 4.33. The summed E-state index contributed by atoms with van der Waals surface area (Å²) in [5, 5.41) is 3.07.